The predicted molar refractivity (Wildman–Crippen MR) is 80.8 cm³/mol. The van der Waals surface area contributed by atoms with Crippen molar-refractivity contribution in [2.24, 2.45) is 5.92 Å². The van der Waals surface area contributed by atoms with Gasteiger partial charge in [0.1, 0.15) is 21.6 Å². The van der Waals surface area contributed by atoms with Crippen molar-refractivity contribution in [3.05, 3.63) is 22.2 Å². The van der Waals surface area contributed by atoms with Crippen LogP contribution in [0.1, 0.15) is 23.2 Å². The average molecular weight is 356 g/mol. The Kier molecular flexibility index (Phi) is 3.61. The van der Waals surface area contributed by atoms with E-state index in [4.69, 9.17) is 9.47 Å². The van der Waals surface area contributed by atoms with Crippen molar-refractivity contribution >= 4 is 21.8 Å². The molecule has 1 saturated carbocycles. The Morgan fingerprint density at radius 3 is 2.24 bits per heavy atom. The molecule has 0 atom stereocenters. The van der Waals surface area contributed by atoms with E-state index < -0.39 is 5.60 Å². The number of methoxy groups -OCH3 is 2. The maximum atomic E-state index is 12.5. The summed E-state index contributed by atoms with van der Waals surface area (Å²) in [7, 11) is 3.09. The van der Waals surface area contributed by atoms with Crippen LogP contribution in [0.5, 0.6) is 11.5 Å². The predicted octanol–water partition coefficient (Wildman–Crippen LogP) is 2.06. The molecule has 1 N–H and O–H groups in total. The van der Waals surface area contributed by atoms with Crippen LogP contribution >= 0.6 is 15.9 Å². The Labute approximate surface area is 132 Å². The summed E-state index contributed by atoms with van der Waals surface area (Å²) in [6.07, 6.45) is 2.14. The van der Waals surface area contributed by atoms with E-state index in [9.17, 15) is 9.90 Å². The zero-order valence-electron chi connectivity index (χ0n) is 12.1. The van der Waals surface area contributed by atoms with E-state index in [0.29, 0.717) is 40.5 Å². The third kappa shape index (κ3) is 2.51. The molecule has 1 aliphatic heterocycles. The van der Waals surface area contributed by atoms with Crippen LogP contribution in [-0.4, -0.2) is 48.8 Å². The Morgan fingerprint density at radius 2 is 1.81 bits per heavy atom. The minimum Gasteiger partial charge on any atom is -0.495 e. The molecule has 2 fully saturated rings. The largest absolute Gasteiger partial charge is 0.495 e. The summed E-state index contributed by atoms with van der Waals surface area (Å²) in [4.78, 5) is 14.2. The van der Waals surface area contributed by atoms with Crippen molar-refractivity contribution < 1.29 is 19.4 Å². The van der Waals surface area contributed by atoms with Gasteiger partial charge < -0.3 is 19.5 Å². The highest BCUT2D eigenvalue weighted by molar-refractivity contribution is 9.10. The first kappa shape index (κ1) is 14.7. The Morgan fingerprint density at radius 1 is 1.29 bits per heavy atom. The second-order valence-corrected chi connectivity index (χ2v) is 6.53. The van der Waals surface area contributed by atoms with Gasteiger partial charge in [0.15, 0.2) is 0 Å². The van der Waals surface area contributed by atoms with Crippen molar-refractivity contribution in [2.45, 2.75) is 18.4 Å². The van der Waals surface area contributed by atoms with Gasteiger partial charge in [0.25, 0.3) is 5.91 Å². The van der Waals surface area contributed by atoms with Gasteiger partial charge in [0.2, 0.25) is 0 Å². The Balaban J connectivity index is 1.79. The first-order valence-electron chi connectivity index (χ1n) is 6.91. The summed E-state index contributed by atoms with van der Waals surface area (Å²) >= 11 is 3.38. The number of β-amino-alcohol motifs (C(OH)–C–C–N with tert-alkyl or cyclic N) is 1. The quantitative estimate of drug-likeness (QED) is 0.897. The molecule has 0 bridgehead atoms. The molecule has 1 heterocycles. The standard InChI is InChI=1S/C15H18BrNO4/c1-20-11-5-9(6-12(21-2)13(11)16)14(18)17-7-15(19,8-17)10-3-4-10/h5-6,10,19H,3-4,7-8H2,1-2H3. The number of carbonyl (C=O) groups is 1. The summed E-state index contributed by atoms with van der Waals surface area (Å²) < 4.78 is 11.2. The molecule has 6 heteroatoms. The molecule has 114 valence electrons. The fourth-order valence-corrected chi connectivity index (χ4v) is 3.37. The maximum absolute atomic E-state index is 12.5. The number of hydrogen-bond donors (Lipinski definition) is 1. The van der Waals surface area contributed by atoms with Gasteiger partial charge >= 0.3 is 0 Å². The highest BCUT2D eigenvalue weighted by Crippen LogP contribution is 2.45. The number of amides is 1. The second kappa shape index (κ2) is 5.18. The summed E-state index contributed by atoms with van der Waals surface area (Å²) in [5.41, 5.74) is -0.163. The molecular formula is C15H18BrNO4. The normalized spacial score (nSPS) is 19.9. The van der Waals surface area contributed by atoms with Crippen LogP contribution in [0.25, 0.3) is 0 Å². The van der Waals surface area contributed by atoms with Gasteiger partial charge in [-0.2, -0.15) is 0 Å². The summed E-state index contributed by atoms with van der Waals surface area (Å²) in [6.45, 7) is 0.828. The maximum Gasteiger partial charge on any atom is 0.254 e. The lowest BCUT2D eigenvalue weighted by molar-refractivity contribution is -0.0958. The van der Waals surface area contributed by atoms with Crippen molar-refractivity contribution in [2.75, 3.05) is 27.3 Å². The fraction of sp³-hybridized carbons (Fsp3) is 0.533. The van der Waals surface area contributed by atoms with Gasteiger partial charge in [-0.25, -0.2) is 0 Å². The van der Waals surface area contributed by atoms with Crippen molar-refractivity contribution in [1.29, 1.82) is 0 Å². The molecule has 1 aromatic carbocycles. The van der Waals surface area contributed by atoms with Crippen LogP contribution in [0.4, 0.5) is 0 Å². The third-order valence-corrected chi connectivity index (χ3v) is 5.03. The van der Waals surface area contributed by atoms with Gasteiger partial charge in [-0.05, 0) is 46.8 Å². The second-order valence-electron chi connectivity index (χ2n) is 5.73. The zero-order valence-corrected chi connectivity index (χ0v) is 13.6. The van der Waals surface area contributed by atoms with Crippen LogP contribution in [0.3, 0.4) is 0 Å². The van der Waals surface area contributed by atoms with Gasteiger partial charge in [-0.1, -0.05) is 0 Å². The molecule has 2 aliphatic rings. The average Bonchev–Trinajstić information content (AvgIpc) is 3.28. The number of benzene rings is 1. The smallest absolute Gasteiger partial charge is 0.254 e. The summed E-state index contributed by atoms with van der Waals surface area (Å²) in [5.74, 6) is 1.37. The van der Waals surface area contributed by atoms with E-state index in [0.717, 1.165) is 12.8 Å². The van der Waals surface area contributed by atoms with Crippen LogP contribution in [0.2, 0.25) is 0 Å². The number of aliphatic hydroxyl groups is 1. The molecular weight excluding hydrogens is 338 g/mol. The SMILES string of the molecule is COc1cc(C(=O)N2CC(O)(C3CC3)C2)cc(OC)c1Br. The van der Waals surface area contributed by atoms with E-state index in [1.807, 2.05) is 0 Å². The molecule has 5 nitrogen and oxygen atoms in total. The first-order valence-corrected chi connectivity index (χ1v) is 7.71. The summed E-state index contributed by atoms with van der Waals surface area (Å²) in [5, 5.41) is 10.3. The molecule has 1 amide bonds. The molecule has 0 radical (unpaired) electrons. The lowest BCUT2D eigenvalue weighted by Gasteiger charge is -2.47. The highest BCUT2D eigenvalue weighted by Gasteiger charge is 2.53. The van der Waals surface area contributed by atoms with Crippen molar-refractivity contribution in [3.8, 4) is 11.5 Å². The third-order valence-electron chi connectivity index (χ3n) is 4.25. The van der Waals surface area contributed by atoms with Crippen LogP contribution in [0.15, 0.2) is 16.6 Å². The van der Waals surface area contributed by atoms with Crippen molar-refractivity contribution in [1.82, 2.24) is 4.90 Å². The molecule has 21 heavy (non-hydrogen) atoms. The minimum atomic E-state index is -0.667. The molecule has 1 aliphatic carbocycles. The molecule has 0 unspecified atom stereocenters. The first-order chi connectivity index (χ1) is 9.98. The van der Waals surface area contributed by atoms with Gasteiger partial charge in [0.05, 0.1) is 27.3 Å². The number of ether oxygens (including phenoxy) is 2. The van der Waals surface area contributed by atoms with Crippen molar-refractivity contribution in [3.63, 3.8) is 0 Å². The number of carbonyl (C=O) groups excluding carboxylic acids is 1. The van der Waals surface area contributed by atoms with E-state index in [1.165, 1.54) is 0 Å². The molecule has 0 aromatic heterocycles. The van der Waals surface area contributed by atoms with E-state index in [-0.39, 0.29) is 5.91 Å². The van der Waals surface area contributed by atoms with E-state index in [1.54, 1.807) is 31.3 Å². The minimum absolute atomic E-state index is 0.107. The topological polar surface area (TPSA) is 59.0 Å². The monoisotopic (exact) mass is 355 g/mol. The van der Waals surface area contributed by atoms with E-state index >= 15 is 0 Å². The summed E-state index contributed by atoms with van der Waals surface area (Å²) in [6, 6.07) is 3.37. The lowest BCUT2D eigenvalue weighted by atomic mass is 9.88. The number of likely N-dealkylation sites (tertiary alicyclic amines) is 1. The van der Waals surface area contributed by atoms with E-state index in [2.05, 4.69) is 15.9 Å². The highest BCUT2D eigenvalue weighted by atomic mass is 79.9. The number of rotatable bonds is 4. The number of halogens is 1. The van der Waals surface area contributed by atoms with Crippen LogP contribution < -0.4 is 9.47 Å². The number of hydrogen-bond acceptors (Lipinski definition) is 4. The van der Waals surface area contributed by atoms with Gasteiger partial charge in [-0.15, -0.1) is 0 Å². The molecule has 1 saturated heterocycles. The van der Waals surface area contributed by atoms with Crippen LogP contribution in [0, 0.1) is 5.92 Å². The zero-order chi connectivity index (χ0) is 15.2. The van der Waals surface area contributed by atoms with Crippen LogP contribution in [-0.2, 0) is 0 Å². The molecule has 3 rings (SSSR count). The number of nitrogens with zero attached hydrogens (tertiary/aromatic N) is 1. The van der Waals surface area contributed by atoms with Gasteiger partial charge in [-0.3, -0.25) is 4.79 Å². The lowest BCUT2D eigenvalue weighted by Crippen LogP contribution is -2.64. The Hall–Kier alpha value is -1.27. The Bertz CT molecular complexity index is 554. The molecule has 1 aromatic rings. The molecule has 0 spiro atoms. The fourth-order valence-electron chi connectivity index (χ4n) is 2.81. The van der Waals surface area contributed by atoms with Gasteiger partial charge in [0, 0.05) is 5.56 Å².